The van der Waals surface area contributed by atoms with Gasteiger partial charge >= 0.3 is 5.97 Å². The molecule has 0 aliphatic carbocycles. The Morgan fingerprint density at radius 1 is 1.31 bits per heavy atom. The minimum Gasteiger partial charge on any atom is -0.466 e. The standard InChI is InChI=1S/C11H21NO4/c1-5-15-11(16-6-2)8-12-9(3)7-10(13)14-4/h7,11-12H,5-6,8H2,1-4H3/b9-7-. The van der Waals surface area contributed by atoms with Crippen molar-refractivity contribution in [3.05, 3.63) is 11.8 Å². The molecule has 0 unspecified atom stereocenters. The van der Waals surface area contributed by atoms with Gasteiger partial charge in [-0.3, -0.25) is 0 Å². The number of rotatable bonds is 8. The van der Waals surface area contributed by atoms with E-state index in [4.69, 9.17) is 9.47 Å². The van der Waals surface area contributed by atoms with E-state index in [0.29, 0.717) is 19.8 Å². The minimum atomic E-state index is -0.380. The van der Waals surface area contributed by atoms with Crippen LogP contribution in [0.1, 0.15) is 20.8 Å². The summed E-state index contributed by atoms with van der Waals surface area (Å²) in [6.45, 7) is 7.28. The van der Waals surface area contributed by atoms with E-state index in [0.717, 1.165) is 5.70 Å². The first kappa shape index (κ1) is 14.9. The molecule has 0 aromatic rings. The Kier molecular flexibility index (Phi) is 8.56. The molecule has 0 heterocycles. The van der Waals surface area contributed by atoms with Crippen molar-refractivity contribution in [2.24, 2.45) is 0 Å². The zero-order chi connectivity index (χ0) is 12.4. The monoisotopic (exact) mass is 231 g/mol. The highest BCUT2D eigenvalue weighted by atomic mass is 16.7. The lowest BCUT2D eigenvalue weighted by Crippen LogP contribution is -2.31. The molecule has 0 aliphatic rings. The first-order chi connectivity index (χ1) is 7.63. The first-order valence-corrected chi connectivity index (χ1v) is 5.37. The van der Waals surface area contributed by atoms with E-state index in [1.165, 1.54) is 13.2 Å². The molecule has 0 amide bonds. The maximum atomic E-state index is 10.9. The number of allylic oxidation sites excluding steroid dienone is 1. The maximum Gasteiger partial charge on any atom is 0.332 e. The summed E-state index contributed by atoms with van der Waals surface area (Å²) in [4.78, 5) is 10.9. The van der Waals surface area contributed by atoms with Gasteiger partial charge in [-0.05, 0) is 20.8 Å². The van der Waals surface area contributed by atoms with Crippen LogP contribution in [0.5, 0.6) is 0 Å². The lowest BCUT2D eigenvalue weighted by molar-refractivity contribution is -0.135. The fraction of sp³-hybridized carbons (Fsp3) is 0.727. The molecule has 0 aromatic carbocycles. The Balaban J connectivity index is 3.98. The van der Waals surface area contributed by atoms with E-state index in [1.54, 1.807) is 6.92 Å². The second-order valence-corrected chi connectivity index (χ2v) is 3.07. The molecular weight excluding hydrogens is 210 g/mol. The second-order valence-electron chi connectivity index (χ2n) is 3.07. The molecule has 5 heteroatoms. The first-order valence-electron chi connectivity index (χ1n) is 5.37. The van der Waals surface area contributed by atoms with Crippen LogP contribution in [-0.4, -0.2) is 39.1 Å². The van der Waals surface area contributed by atoms with Crippen LogP contribution < -0.4 is 5.32 Å². The molecule has 0 atom stereocenters. The molecule has 16 heavy (non-hydrogen) atoms. The highest BCUT2D eigenvalue weighted by Gasteiger charge is 2.07. The van der Waals surface area contributed by atoms with Gasteiger partial charge in [0.05, 0.1) is 13.7 Å². The zero-order valence-corrected chi connectivity index (χ0v) is 10.4. The summed E-state index contributed by atoms with van der Waals surface area (Å²) in [5.74, 6) is -0.380. The van der Waals surface area contributed by atoms with Crippen LogP contribution in [0.2, 0.25) is 0 Å². The van der Waals surface area contributed by atoms with Crippen LogP contribution in [0.4, 0.5) is 0 Å². The lowest BCUT2D eigenvalue weighted by Gasteiger charge is -2.18. The quantitative estimate of drug-likeness (QED) is 0.384. The Labute approximate surface area is 96.8 Å². The van der Waals surface area contributed by atoms with Crippen molar-refractivity contribution in [2.45, 2.75) is 27.1 Å². The fourth-order valence-corrected chi connectivity index (χ4v) is 1.07. The lowest BCUT2D eigenvalue weighted by atomic mass is 10.4. The number of carbonyl (C=O) groups excluding carboxylic acids is 1. The van der Waals surface area contributed by atoms with E-state index in [1.807, 2.05) is 13.8 Å². The van der Waals surface area contributed by atoms with Gasteiger partial charge in [-0.2, -0.15) is 0 Å². The predicted molar refractivity (Wildman–Crippen MR) is 60.8 cm³/mol. The van der Waals surface area contributed by atoms with Crippen molar-refractivity contribution in [1.82, 2.24) is 5.32 Å². The number of ether oxygens (including phenoxy) is 3. The number of carbonyl (C=O) groups is 1. The fourth-order valence-electron chi connectivity index (χ4n) is 1.07. The number of methoxy groups -OCH3 is 1. The number of hydrogen-bond donors (Lipinski definition) is 1. The van der Waals surface area contributed by atoms with E-state index in [9.17, 15) is 4.79 Å². The Bertz CT molecular complexity index is 222. The highest BCUT2D eigenvalue weighted by Crippen LogP contribution is 1.96. The van der Waals surface area contributed by atoms with Gasteiger partial charge in [-0.1, -0.05) is 0 Å². The Morgan fingerprint density at radius 3 is 2.31 bits per heavy atom. The number of esters is 1. The van der Waals surface area contributed by atoms with Crippen molar-refractivity contribution < 1.29 is 19.0 Å². The van der Waals surface area contributed by atoms with Gasteiger partial charge in [0.1, 0.15) is 0 Å². The van der Waals surface area contributed by atoms with E-state index in [-0.39, 0.29) is 12.3 Å². The smallest absolute Gasteiger partial charge is 0.332 e. The van der Waals surface area contributed by atoms with Crippen LogP contribution in [0.25, 0.3) is 0 Å². The molecule has 0 aromatic heterocycles. The van der Waals surface area contributed by atoms with Gasteiger partial charge in [0.25, 0.3) is 0 Å². The minimum absolute atomic E-state index is 0.295. The van der Waals surface area contributed by atoms with Crippen LogP contribution in [0, 0.1) is 0 Å². The Morgan fingerprint density at radius 2 is 1.88 bits per heavy atom. The summed E-state index contributed by atoms with van der Waals surface area (Å²) >= 11 is 0. The van der Waals surface area contributed by atoms with Gasteiger partial charge in [0, 0.05) is 25.0 Å². The van der Waals surface area contributed by atoms with Gasteiger partial charge in [0.2, 0.25) is 0 Å². The van der Waals surface area contributed by atoms with Crippen molar-refractivity contribution in [3.8, 4) is 0 Å². The van der Waals surface area contributed by atoms with Crippen molar-refractivity contribution in [1.29, 1.82) is 0 Å². The van der Waals surface area contributed by atoms with Crippen LogP contribution in [0.3, 0.4) is 0 Å². The Hall–Kier alpha value is -1.07. The second kappa shape index (κ2) is 9.18. The summed E-state index contributed by atoms with van der Waals surface area (Å²) in [5, 5.41) is 3.03. The molecule has 0 saturated heterocycles. The SMILES string of the molecule is CCOC(CN/C(C)=C\C(=O)OC)OCC. The summed E-state index contributed by atoms with van der Waals surface area (Å²) in [7, 11) is 1.34. The van der Waals surface area contributed by atoms with E-state index >= 15 is 0 Å². The average molecular weight is 231 g/mol. The summed E-state index contributed by atoms with van der Waals surface area (Å²) in [6, 6.07) is 0. The maximum absolute atomic E-state index is 10.9. The topological polar surface area (TPSA) is 56.8 Å². The molecule has 0 aliphatic heterocycles. The van der Waals surface area contributed by atoms with Crippen LogP contribution >= 0.6 is 0 Å². The molecule has 0 saturated carbocycles. The molecule has 0 radical (unpaired) electrons. The average Bonchev–Trinajstić information content (AvgIpc) is 2.26. The summed E-state index contributed by atoms with van der Waals surface area (Å²) < 4.78 is 15.2. The third-order valence-corrected chi connectivity index (χ3v) is 1.79. The number of hydrogen-bond acceptors (Lipinski definition) is 5. The molecular formula is C11H21NO4. The molecule has 5 nitrogen and oxygen atoms in total. The molecule has 94 valence electrons. The van der Waals surface area contributed by atoms with Gasteiger partial charge in [0.15, 0.2) is 6.29 Å². The van der Waals surface area contributed by atoms with Gasteiger partial charge in [-0.25, -0.2) is 4.79 Å². The van der Waals surface area contributed by atoms with E-state index < -0.39 is 0 Å². The molecule has 0 fully saturated rings. The summed E-state index contributed by atoms with van der Waals surface area (Å²) in [5.41, 5.74) is 0.719. The van der Waals surface area contributed by atoms with Crippen molar-refractivity contribution in [2.75, 3.05) is 26.9 Å². The normalized spacial score (nSPS) is 11.7. The molecule has 0 spiro atoms. The molecule has 1 N–H and O–H groups in total. The summed E-state index contributed by atoms with van der Waals surface area (Å²) in [6.07, 6.45) is 1.09. The third-order valence-electron chi connectivity index (χ3n) is 1.79. The van der Waals surface area contributed by atoms with Crippen molar-refractivity contribution >= 4 is 5.97 Å². The van der Waals surface area contributed by atoms with Crippen LogP contribution in [-0.2, 0) is 19.0 Å². The predicted octanol–water partition coefficient (Wildman–Crippen LogP) is 1.05. The van der Waals surface area contributed by atoms with Gasteiger partial charge in [-0.15, -0.1) is 0 Å². The highest BCUT2D eigenvalue weighted by molar-refractivity contribution is 5.82. The third kappa shape index (κ3) is 7.25. The number of nitrogens with one attached hydrogen (secondary N) is 1. The van der Waals surface area contributed by atoms with E-state index in [2.05, 4.69) is 10.1 Å². The molecule has 0 bridgehead atoms. The van der Waals surface area contributed by atoms with Gasteiger partial charge < -0.3 is 19.5 Å². The zero-order valence-electron chi connectivity index (χ0n) is 10.4. The van der Waals surface area contributed by atoms with Crippen molar-refractivity contribution in [3.63, 3.8) is 0 Å². The largest absolute Gasteiger partial charge is 0.466 e. The molecule has 0 rings (SSSR count). The van der Waals surface area contributed by atoms with Crippen LogP contribution in [0.15, 0.2) is 11.8 Å².